The molecule has 5 atom stereocenters. The monoisotopic (exact) mass is 284 g/mol. The first-order valence-corrected chi connectivity index (χ1v) is 6.56. The second-order valence-electron chi connectivity index (χ2n) is 4.85. The van der Waals surface area contributed by atoms with Crippen LogP contribution >= 0.6 is 0 Å². The third-order valence-corrected chi connectivity index (χ3v) is 3.50. The van der Waals surface area contributed by atoms with Crippen LogP contribution in [0.15, 0.2) is 30.3 Å². The predicted octanol–water partition coefficient (Wildman–Crippen LogP) is -0.749. The van der Waals surface area contributed by atoms with Crippen LogP contribution in [-0.2, 0) is 16.1 Å². The van der Waals surface area contributed by atoms with E-state index in [0.29, 0.717) is 0 Å². The summed E-state index contributed by atoms with van der Waals surface area (Å²) < 4.78 is 10.8. The SMILES string of the molecule is OC[C@@H]1[C@@H](O)[C@H](OCc2ccccc2)[C@@H](CO)O[C@@H]1O. The van der Waals surface area contributed by atoms with Gasteiger partial charge in [-0.2, -0.15) is 0 Å². The molecule has 0 radical (unpaired) electrons. The third kappa shape index (κ3) is 3.35. The van der Waals surface area contributed by atoms with E-state index in [2.05, 4.69) is 0 Å². The number of benzene rings is 1. The Bertz CT molecular complexity index is 398. The minimum absolute atomic E-state index is 0.247. The van der Waals surface area contributed by atoms with Gasteiger partial charge in [-0.3, -0.25) is 0 Å². The van der Waals surface area contributed by atoms with Gasteiger partial charge in [0.05, 0.1) is 31.8 Å². The molecule has 1 fully saturated rings. The largest absolute Gasteiger partial charge is 0.396 e. The fourth-order valence-corrected chi connectivity index (χ4v) is 2.31. The molecule has 0 aliphatic carbocycles. The highest BCUT2D eigenvalue weighted by Crippen LogP contribution is 2.27. The molecule has 4 N–H and O–H groups in total. The number of aliphatic hydroxyl groups is 4. The second-order valence-corrected chi connectivity index (χ2v) is 4.85. The van der Waals surface area contributed by atoms with Gasteiger partial charge in [-0.05, 0) is 5.56 Å². The van der Waals surface area contributed by atoms with Crippen molar-refractivity contribution in [3.8, 4) is 0 Å². The van der Waals surface area contributed by atoms with Gasteiger partial charge >= 0.3 is 0 Å². The molecule has 1 aliphatic heterocycles. The molecule has 0 saturated carbocycles. The zero-order valence-corrected chi connectivity index (χ0v) is 11.0. The van der Waals surface area contributed by atoms with Gasteiger partial charge in [-0.1, -0.05) is 30.3 Å². The lowest BCUT2D eigenvalue weighted by atomic mass is 9.91. The summed E-state index contributed by atoms with van der Waals surface area (Å²) >= 11 is 0. The summed E-state index contributed by atoms with van der Waals surface area (Å²) in [5, 5.41) is 38.2. The van der Waals surface area contributed by atoms with Crippen molar-refractivity contribution < 1.29 is 29.9 Å². The van der Waals surface area contributed by atoms with Crippen molar-refractivity contribution in [2.75, 3.05) is 13.2 Å². The molecule has 1 aromatic carbocycles. The van der Waals surface area contributed by atoms with Gasteiger partial charge in [0.25, 0.3) is 0 Å². The average Bonchev–Trinajstić information content (AvgIpc) is 2.47. The van der Waals surface area contributed by atoms with Crippen LogP contribution in [-0.4, -0.2) is 58.2 Å². The summed E-state index contributed by atoms with van der Waals surface area (Å²) in [7, 11) is 0. The van der Waals surface area contributed by atoms with Crippen molar-refractivity contribution in [3.05, 3.63) is 35.9 Å². The molecule has 2 rings (SSSR count). The first-order chi connectivity index (χ1) is 9.67. The molecule has 6 nitrogen and oxygen atoms in total. The fourth-order valence-electron chi connectivity index (χ4n) is 2.31. The Labute approximate surface area is 117 Å². The summed E-state index contributed by atoms with van der Waals surface area (Å²) in [5.74, 6) is -0.849. The van der Waals surface area contributed by atoms with E-state index in [4.69, 9.17) is 9.47 Å². The molecule has 1 heterocycles. The van der Waals surface area contributed by atoms with Crippen molar-refractivity contribution in [3.63, 3.8) is 0 Å². The van der Waals surface area contributed by atoms with E-state index in [-0.39, 0.29) is 13.2 Å². The number of rotatable bonds is 5. The van der Waals surface area contributed by atoms with E-state index in [9.17, 15) is 20.4 Å². The van der Waals surface area contributed by atoms with E-state index in [1.54, 1.807) is 0 Å². The summed E-state index contributed by atoms with van der Waals surface area (Å²) in [6.45, 7) is -0.561. The summed E-state index contributed by atoms with van der Waals surface area (Å²) in [6, 6.07) is 9.38. The standard InChI is InChI=1S/C14H20O6/c15-6-10-12(17)13(11(7-16)20-14(10)18)19-8-9-4-2-1-3-5-9/h1-5,10-18H,6-8H2/t10-,11-,12-,13-,14+/m1/s1. The Kier molecular flexibility index (Phi) is 5.47. The maximum Gasteiger partial charge on any atom is 0.162 e. The van der Waals surface area contributed by atoms with Gasteiger partial charge in [0.1, 0.15) is 12.2 Å². The van der Waals surface area contributed by atoms with Crippen molar-refractivity contribution in [2.24, 2.45) is 5.92 Å². The van der Waals surface area contributed by atoms with Gasteiger partial charge in [0, 0.05) is 0 Å². The maximum atomic E-state index is 10.1. The highest BCUT2D eigenvalue weighted by Gasteiger charge is 2.44. The molecule has 20 heavy (non-hydrogen) atoms. The van der Waals surface area contributed by atoms with Gasteiger partial charge in [-0.15, -0.1) is 0 Å². The van der Waals surface area contributed by atoms with Crippen molar-refractivity contribution in [1.29, 1.82) is 0 Å². The molecule has 0 amide bonds. The second kappa shape index (κ2) is 7.12. The summed E-state index contributed by atoms with van der Waals surface area (Å²) in [4.78, 5) is 0. The number of aliphatic hydroxyl groups excluding tert-OH is 4. The zero-order chi connectivity index (χ0) is 14.5. The maximum absolute atomic E-state index is 10.1. The molecule has 0 spiro atoms. The normalized spacial score (nSPS) is 34.1. The van der Waals surface area contributed by atoms with Crippen molar-refractivity contribution >= 4 is 0 Å². The Balaban J connectivity index is 2.02. The minimum atomic E-state index is -1.32. The third-order valence-electron chi connectivity index (χ3n) is 3.50. The molecule has 6 heteroatoms. The minimum Gasteiger partial charge on any atom is -0.396 e. The van der Waals surface area contributed by atoms with E-state index < -0.39 is 37.1 Å². The van der Waals surface area contributed by atoms with Gasteiger partial charge in [-0.25, -0.2) is 0 Å². The average molecular weight is 284 g/mol. The molecular formula is C14H20O6. The van der Waals surface area contributed by atoms with E-state index in [1.807, 2.05) is 30.3 Å². The first kappa shape index (κ1) is 15.4. The lowest BCUT2D eigenvalue weighted by molar-refractivity contribution is -0.285. The van der Waals surface area contributed by atoms with Crippen LogP contribution in [0.5, 0.6) is 0 Å². The Morgan fingerprint density at radius 3 is 2.35 bits per heavy atom. The Morgan fingerprint density at radius 2 is 1.75 bits per heavy atom. The molecule has 0 bridgehead atoms. The smallest absolute Gasteiger partial charge is 0.162 e. The predicted molar refractivity (Wildman–Crippen MR) is 69.6 cm³/mol. The highest BCUT2D eigenvalue weighted by molar-refractivity contribution is 5.13. The first-order valence-electron chi connectivity index (χ1n) is 6.56. The van der Waals surface area contributed by atoms with Gasteiger partial charge in [0.2, 0.25) is 0 Å². The zero-order valence-electron chi connectivity index (χ0n) is 11.0. The molecule has 1 aromatic rings. The van der Waals surface area contributed by atoms with Crippen LogP contribution in [0.2, 0.25) is 0 Å². The molecular weight excluding hydrogens is 264 g/mol. The molecule has 1 aliphatic rings. The lowest BCUT2D eigenvalue weighted by Crippen LogP contribution is -2.57. The highest BCUT2D eigenvalue weighted by atomic mass is 16.6. The Hall–Kier alpha value is -1.02. The van der Waals surface area contributed by atoms with E-state index in [1.165, 1.54) is 0 Å². The topological polar surface area (TPSA) is 99.4 Å². The van der Waals surface area contributed by atoms with Crippen LogP contribution in [0, 0.1) is 5.92 Å². The molecule has 0 unspecified atom stereocenters. The molecule has 112 valence electrons. The van der Waals surface area contributed by atoms with Crippen LogP contribution in [0.25, 0.3) is 0 Å². The van der Waals surface area contributed by atoms with Crippen LogP contribution in [0.1, 0.15) is 5.56 Å². The van der Waals surface area contributed by atoms with Crippen LogP contribution in [0.3, 0.4) is 0 Å². The van der Waals surface area contributed by atoms with E-state index in [0.717, 1.165) is 5.56 Å². The summed E-state index contributed by atoms with van der Waals surface area (Å²) in [5.41, 5.74) is 0.920. The molecule has 1 saturated heterocycles. The molecule has 0 aromatic heterocycles. The fraction of sp³-hybridized carbons (Fsp3) is 0.571. The van der Waals surface area contributed by atoms with Crippen LogP contribution < -0.4 is 0 Å². The number of hydrogen-bond donors (Lipinski definition) is 4. The Morgan fingerprint density at radius 1 is 1.05 bits per heavy atom. The van der Waals surface area contributed by atoms with Crippen molar-refractivity contribution in [1.82, 2.24) is 0 Å². The van der Waals surface area contributed by atoms with Crippen LogP contribution in [0.4, 0.5) is 0 Å². The summed E-state index contributed by atoms with van der Waals surface area (Å²) in [6.07, 6.45) is -4.05. The van der Waals surface area contributed by atoms with E-state index >= 15 is 0 Å². The van der Waals surface area contributed by atoms with Crippen molar-refractivity contribution in [2.45, 2.75) is 31.2 Å². The van der Waals surface area contributed by atoms with Gasteiger partial charge in [0.15, 0.2) is 6.29 Å². The van der Waals surface area contributed by atoms with Gasteiger partial charge < -0.3 is 29.9 Å². The number of ether oxygens (including phenoxy) is 2. The lowest BCUT2D eigenvalue weighted by Gasteiger charge is -2.41. The quantitative estimate of drug-likeness (QED) is 0.568. The number of hydrogen-bond acceptors (Lipinski definition) is 6.